The molecular formula is C62H38O2S4. The smallest absolute Gasteiger partial charge is 0.187 e. The first-order valence-electron chi connectivity index (χ1n) is 22.8. The molecule has 0 radical (unpaired) electrons. The number of hydrogen-bond donors (Lipinski definition) is 0. The SMILES string of the molecule is C1=CC(c2ccc3ccccc3c2)(c2ccc(-c3ccc(-c4ccc(-c5ccc(C6(c7ccc8ccccc8c7)C=Cc7c(ccc8ccccc78)O6)s5)s4)s3)s2)Oc2ccc3ccccc3c21. The molecule has 14 rings (SSSR count). The van der Waals surface area contributed by atoms with Crippen molar-refractivity contribution in [1.82, 2.24) is 0 Å². The summed E-state index contributed by atoms with van der Waals surface area (Å²) < 4.78 is 14.5. The van der Waals surface area contributed by atoms with E-state index in [-0.39, 0.29) is 0 Å². The number of rotatable bonds is 7. The Labute approximate surface area is 409 Å². The highest BCUT2D eigenvalue weighted by Gasteiger charge is 2.41. The molecule has 0 saturated carbocycles. The van der Waals surface area contributed by atoms with Crippen molar-refractivity contribution in [2.24, 2.45) is 0 Å². The van der Waals surface area contributed by atoms with E-state index in [9.17, 15) is 0 Å². The average Bonchev–Trinajstić information content (AvgIpc) is 4.26. The molecule has 0 spiro atoms. The molecule has 4 aromatic heterocycles. The number of benzene rings is 8. The van der Waals surface area contributed by atoms with Gasteiger partial charge in [-0.1, -0.05) is 133 Å². The maximum atomic E-state index is 7.26. The lowest BCUT2D eigenvalue weighted by atomic mass is 9.86. The Morgan fingerprint density at radius 3 is 1.09 bits per heavy atom. The van der Waals surface area contributed by atoms with Crippen LogP contribution in [0.15, 0.2) is 218 Å². The lowest BCUT2D eigenvalue weighted by molar-refractivity contribution is 0.165. The fourth-order valence-electron chi connectivity index (χ4n) is 10.1. The van der Waals surface area contributed by atoms with Crippen LogP contribution in [0.4, 0.5) is 0 Å². The summed E-state index contributed by atoms with van der Waals surface area (Å²) in [7, 11) is 0. The van der Waals surface area contributed by atoms with Crippen molar-refractivity contribution in [2.75, 3.05) is 0 Å². The molecule has 8 aromatic carbocycles. The summed E-state index contributed by atoms with van der Waals surface area (Å²) in [5, 5.41) is 9.63. The minimum Gasteiger partial charge on any atom is -0.472 e. The average molecular weight is 943 g/mol. The maximum Gasteiger partial charge on any atom is 0.187 e. The van der Waals surface area contributed by atoms with Gasteiger partial charge >= 0.3 is 0 Å². The lowest BCUT2D eigenvalue weighted by Gasteiger charge is -2.35. The highest BCUT2D eigenvalue weighted by atomic mass is 32.1. The van der Waals surface area contributed by atoms with E-state index in [0.717, 1.165) is 43.5 Å². The third-order valence-corrected chi connectivity index (χ3v) is 18.8. The Balaban J connectivity index is 0.792. The van der Waals surface area contributed by atoms with Crippen LogP contribution in [0.1, 0.15) is 32.0 Å². The Hall–Kier alpha value is -7.32. The Kier molecular flexibility index (Phi) is 9.15. The number of thiophene rings is 4. The van der Waals surface area contributed by atoms with Crippen LogP contribution in [0.5, 0.6) is 11.5 Å². The molecule has 2 aliphatic heterocycles. The van der Waals surface area contributed by atoms with Gasteiger partial charge in [0, 0.05) is 51.5 Å². The molecule has 0 amide bonds. The fourth-order valence-corrected chi connectivity index (χ4v) is 14.7. The third kappa shape index (κ3) is 6.40. The van der Waals surface area contributed by atoms with Crippen LogP contribution in [-0.4, -0.2) is 0 Å². The molecule has 2 atom stereocenters. The first-order chi connectivity index (χ1) is 33.6. The summed E-state index contributed by atoms with van der Waals surface area (Å²) in [6.45, 7) is 0. The van der Waals surface area contributed by atoms with E-state index in [2.05, 4.69) is 231 Å². The second-order valence-corrected chi connectivity index (χ2v) is 21.9. The zero-order valence-corrected chi connectivity index (χ0v) is 39.7. The van der Waals surface area contributed by atoms with Gasteiger partial charge in [-0.05, 0) is 140 Å². The van der Waals surface area contributed by atoms with E-state index in [1.54, 1.807) is 0 Å². The van der Waals surface area contributed by atoms with Gasteiger partial charge in [-0.25, -0.2) is 0 Å². The molecule has 0 aliphatic carbocycles. The normalized spacial score (nSPS) is 17.4. The monoisotopic (exact) mass is 942 g/mol. The number of ether oxygens (including phenoxy) is 2. The van der Waals surface area contributed by atoms with E-state index in [1.807, 2.05) is 45.3 Å². The zero-order valence-electron chi connectivity index (χ0n) is 36.4. The van der Waals surface area contributed by atoms with Crippen molar-refractivity contribution in [3.8, 4) is 40.8 Å². The van der Waals surface area contributed by atoms with Gasteiger partial charge in [-0.15, -0.1) is 45.3 Å². The van der Waals surface area contributed by atoms with Crippen LogP contribution in [0.3, 0.4) is 0 Å². The summed E-state index contributed by atoms with van der Waals surface area (Å²) in [6, 6.07) is 74.5. The first kappa shape index (κ1) is 39.8. The first-order valence-corrected chi connectivity index (χ1v) is 26.0. The van der Waals surface area contributed by atoms with E-state index < -0.39 is 11.2 Å². The number of fused-ring (bicyclic) bond motifs is 8. The Morgan fingerprint density at radius 2 is 0.647 bits per heavy atom. The molecule has 6 heteroatoms. The van der Waals surface area contributed by atoms with E-state index in [0.29, 0.717) is 0 Å². The Bertz CT molecular complexity index is 3770. The van der Waals surface area contributed by atoms with Crippen molar-refractivity contribution in [3.05, 3.63) is 250 Å². The number of hydrogen-bond acceptors (Lipinski definition) is 6. The second-order valence-electron chi connectivity index (χ2n) is 17.5. The Morgan fingerprint density at radius 1 is 0.294 bits per heavy atom. The van der Waals surface area contributed by atoms with Crippen LogP contribution in [0.2, 0.25) is 0 Å². The predicted octanol–water partition coefficient (Wildman–Crippen LogP) is 18.2. The van der Waals surface area contributed by atoms with E-state index in [1.165, 1.54) is 72.4 Å². The van der Waals surface area contributed by atoms with Gasteiger partial charge in [0.1, 0.15) is 11.5 Å². The minimum atomic E-state index is -0.784. The topological polar surface area (TPSA) is 18.5 Å². The molecule has 0 N–H and O–H groups in total. The van der Waals surface area contributed by atoms with Gasteiger partial charge in [-0.3, -0.25) is 0 Å². The van der Waals surface area contributed by atoms with Crippen molar-refractivity contribution >= 4 is 101 Å². The summed E-state index contributed by atoms with van der Waals surface area (Å²) in [5.74, 6) is 1.79. The van der Waals surface area contributed by atoms with Gasteiger partial charge < -0.3 is 9.47 Å². The molecule has 322 valence electrons. The molecule has 0 saturated heterocycles. The van der Waals surface area contributed by atoms with Crippen molar-refractivity contribution < 1.29 is 9.47 Å². The van der Waals surface area contributed by atoms with E-state index >= 15 is 0 Å². The minimum absolute atomic E-state index is 0.784. The van der Waals surface area contributed by atoms with Crippen molar-refractivity contribution in [1.29, 1.82) is 0 Å². The zero-order chi connectivity index (χ0) is 44.8. The van der Waals surface area contributed by atoms with Crippen LogP contribution >= 0.6 is 45.3 Å². The van der Waals surface area contributed by atoms with Gasteiger partial charge in [0.2, 0.25) is 0 Å². The van der Waals surface area contributed by atoms with Crippen LogP contribution < -0.4 is 9.47 Å². The molecule has 0 fully saturated rings. The summed E-state index contributed by atoms with van der Waals surface area (Å²) in [4.78, 5) is 9.77. The van der Waals surface area contributed by atoms with Crippen LogP contribution in [0.25, 0.3) is 84.5 Å². The van der Waals surface area contributed by atoms with Crippen molar-refractivity contribution in [3.63, 3.8) is 0 Å². The summed E-state index contributed by atoms with van der Waals surface area (Å²) in [5.41, 5.74) is 2.90. The molecule has 0 bridgehead atoms. The molecule has 12 aromatic rings. The molecule has 6 heterocycles. The van der Waals surface area contributed by atoms with E-state index in [4.69, 9.17) is 9.47 Å². The van der Waals surface area contributed by atoms with Gasteiger partial charge in [0.15, 0.2) is 11.2 Å². The fraction of sp³-hybridized carbons (Fsp3) is 0.0323. The van der Waals surface area contributed by atoms with Gasteiger partial charge in [-0.2, -0.15) is 0 Å². The van der Waals surface area contributed by atoms with Crippen LogP contribution in [0, 0.1) is 0 Å². The quantitative estimate of drug-likeness (QED) is 0.159. The third-order valence-electron chi connectivity index (χ3n) is 13.6. The maximum absolute atomic E-state index is 7.26. The molecule has 2 unspecified atom stereocenters. The molecule has 2 nitrogen and oxygen atoms in total. The lowest BCUT2D eigenvalue weighted by Crippen LogP contribution is -2.33. The van der Waals surface area contributed by atoms with Gasteiger partial charge in [0.25, 0.3) is 0 Å². The molecular weight excluding hydrogens is 905 g/mol. The van der Waals surface area contributed by atoms with Crippen molar-refractivity contribution in [2.45, 2.75) is 11.2 Å². The highest BCUT2D eigenvalue weighted by Crippen LogP contribution is 2.51. The largest absolute Gasteiger partial charge is 0.472 e. The van der Waals surface area contributed by atoms with Gasteiger partial charge in [0.05, 0.1) is 9.75 Å². The molecule has 2 aliphatic rings. The second kappa shape index (κ2) is 15.6. The predicted molar refractivity (Wildman–Crippen MR) is 291 cm³/mol. The highest BCUT2D eigenvalue weighted by molar-refractivity contribution is 7.28. The summed E-state index contributed by atoms with van der Waals surface area (Å²) in [6.07, 6.45) is 9.08. The molecule has 68 heavy (non-hydrogen) atoms. The summed E-state index contributed by atoms with van der Waals surface area (Å²) >= 11 is 7.33. The standard InChI is InChI=1S/C62H38O2S4/c1-3-13-43-37-45(21-17-39(43)9-1)61(35-33-49-47-15-7-5-11-41(47)19-23-51(49)63-61)59-31-29-57(67-59)55-27-25-53(65-55)54-26-28-56(66-54)58-30-32-60(68-58)62(46-22-18-40-10-2-4-14-44(40)38-46)36-34-50-48-16-8-6-12-42(48)20-24-52(50)64-62/h1-38H. The van der Waals surface area contributed by atoms with Crippen LogP contribution in [-0.2, 0) is 11.2 Å².